The molecule has 4 heteroatoms. The van der Waals surface area contributed by atoms with E-state index in [0.717, 1.165) is 0 Å². The minimum absolute atomic E-state index is 0.129. The zero-order chi connectivity index (χ0) is 9.78. The molecule has 12 heavy (non-hydrogen) atoms. The van der Waals surface area contributed by atoms with Crippen molar-refractivity contribution < 1.29 is 14.4 Å². The Balaban J connectivity index is 3.65. The van der Waals surface area contributed by atoms with Crippen LogP contribution in [0.3, 0.4) is 0 Å². The molecule has 0 radical (unpaired) electrons. The van der Waals surface area contributed by atoms with E-state index < -0.39 is 11.5 Å². The molecule has 70 valence electrons. The number of hydrogen-bond acceptors (Lipinski definition) is 3. The molecule has 0 fully saturated rings. The van der Waals surface area contributed by atoms with Gasteiger partial charge in [0, 0.05) is 0 Å². The SMILES string of the molecule is CC(=O)CC(=O)NOC(C)(C)C. The molecule has 0 atom stereocenters. The highest BCUT2D eigenvalue weighted by atomic mass is 16.7. The summed E-state index contributed by atoms with van der Waals surface area (Å²) in [7, 11) is 0. The average Bonchev–Trinajstić information content (AvgIpc) is 1.80. The Labute approximate surface area is 72.2 Å². The Bertz CT molecular complexity index is 181. The fourth-order valence-electron chi connectivity index (χ4n) is 0.472. The van der Waals surface area contributed by atoms with Gasteiger partial charge in [0.2, 0.25) is 0 Å². The molecule has 0 aromatic carbocycles. The topological polar surface area (TPSA) is 55.4 Å². The summed E-state index contributed by atoms with van der Waals surface area (Å²) in [6.45, 7) is 6.78. The van der Waals surface area contributed by atoms with Gasteiger partial charge in [0.15, 0.2) is 0 Å². The summed E-state index contributed by atoms with van der Waals surface area (Å²) in [6, 6.07) is 0. The van der Waals surface area contributed by atoms with Crippen LogP contribution in [0.25, 0.3) is 0 Å². The zero-order valence-electron chi connectivity index (χ0n) is 7.93. The normalized spacial score (nSPS) is 11.0. The standard InChI is InChI=1S/C8H15NO3/c1-6(10)5-7(11)9-12-8(2,3)4/h5H2,1-4H3,(H,9,11). The lowest BCUT2D eigenvalue weighted by Gasteiger charge is -2.18. The van der Waals surface area contributed by atoms with E-state index in [1.54, 1.807) is 20.8 Å². The highest BCUT2D eigenvalue weighted by molar-refractivity contribution is 5.96. The van der Waals surface area contributed by atoms with E-state index in [0.29, 0.717) is 0 Å². The van der Waals surface area contributed by atoms with Gasteiger partial charge < -0.3 is 0 Å². The smallest absolute Gasteiger partial charge is 0.250 e. The van der Waals surface area contributed by atoms with Crippen molar-refractivity contribution in [3.05, 3.63) is 0 Å². The van der Waals surface area contributed by atoms with Crippen molar-refractivity contribution in [1.29, 1.82) is 0 Å². The number of ketones is 1. The summed E-state index contributed by atoms with van der Waals surface area (Å²) < 4.78 is 0. The molecule has 0 heterocycles. The first-order valence-corrected chi connectivity index (χ1v) is 3.77. The summed E-state index contributed by atoms with van der Waals surface area (Å²) in [5, 5.41) is 0. The lowest BCUT2D eigenvalue weighted by Crippen LogP contribution is -2.34. The largest absolute Gasteiger partial charge is 0.299 e. The zero-order valence-corrected chi connectivity index (χ0v) is 7.93. The quantitative estimate of drug-likeness (QED) is 0.507. The molecule has 0 aliphatic carbocycles. The maximum atomic E-state index is 10.8. The predicted molar refractivity (Wildman–Crippen MR) is 44.3 cm³/mol. The molecule has 4 nitrogen and oxygen atoms in total. The van der Waals surface area contributed by atoms with Gasteiger partial charge in [-0.2, -0.15) is 0 Å². The number of rotatable bonds is 3. The van der Waals surface area contributed by atoms with Crippen LogP contribution in [0.2, 0.25) is 0 Å². The van der Waals surface area contributed by atoms with Crippen LogP contribution < -0.4 is 5.48 Å². The van der Waals surface area contributed by atoms with Crippen molar-refractivity contribution in [2.75, 3.05) is 0 Å². The fraction of sp³-hybridized carbons (Fsp3) is 0.750. The van der Waals surface area contributed by atoms with Crippen LogP contribution in [-0.2, 0) is 14.4 Å². The highest BCUT2D eigenvalue weighted by Gasteiger charge is 2.13. The summed E-state index contributed by atoms with van der Waals surface area (Å²) in [5.74, 6) is -0.581. The summed E-state index contributed by atoms with van der Waals surface area (Å²) in [5.41, 5.74) is 1.77. The maximum absolute atomic E-state index is 10.8. The van der Waals surface area contributed by atoms with Crippen LogP contribution in [0, 0.1) is 0 Å². The number of nitrogens with one attached hydrogen (secondary N) is 1. The lowest BCUT2D eigenvalue weighted by molar-refractivity contribution is -0.147. The molecule has 0 aliphatic heterocycles. The van der Waals surface area contributed by atoms with Gasteiger partial charge in [-0.05, 0) is 27.7 Å². The number of carbonyl (C=O) groups excluding carboxylic acids is 2. The molecule has 0 bridgehead atoms. The number of Topliss-reactive ketones (excluding diaryl/α,β-unsaturated/α-hetero) is 1. The van der Waals surface area contributed by atoms with Crippen molar-refractivity contribution in [2.45, 2.75) is 39.7 Å². The van der Waals surface area contributed by atoms with Gasteiger partial charge in [0.25, 0.3) is 5.91 Å². The van der Waals surface area contributed by atoms with Gasteiger partial charge in [0.1, 0.15) is 5.78 Å². The maximum Gasteiger partial charge on any atom is 0.250 e. The Kier molecular flexibility index (Phi) is 3.89. The molecule has 0 aromatic rings. The molecule has 0 aliphatic rings. The second-order valence-electron chi connectivity index (χ2n) is 3.62. The van der Waals surface area contributed by atoms with Gasteiger partial charge in [-0.3, -0.25) is 14.4 Å². The molecule has 0 unspecified atom stereocenters. The monoisotopic (exact) mass is 173 g/mol. The average molecular weight is 173 g/mol. The van der Waals surface area contributed by atoms with Gasteiger partial charge in [-0.1, -0.05) is 0 Å². The van der Waals surface area contributed by atoms with E-state index in [9.17, 15) is 9.59 Å². The molecule has 1 amide bonds. The number of hydroxylamine groups is 1. The van der Waals surface area contributed by atoms with E-state index in [4.69, 9.17) is 4.84 Å². The summed E-state index contributed by atoms with van der Waals surface area (Å²) >= 11 is 0. The molecule has 0 rings (SSSR count). The Morgan fingerprint density at radius 3 is 2.17 bits per heavy atom. The second kappa shape index (κ2) is 4.21. The fourth-order valence-corrected chi connectivity index (χ4v) is 0.472. The van der Waals surface area contributed by atoms with Crippen molar-refractivity contribution in [1.82, 2.24) is 5.48 Å². The van der Waals surface area contributed by atoms with E-state index in [1.165, 1.54) is 6.92 Å². The molecule has 1 N–H and O–H groups in total. The molecule has 0 spiro atoms. The minimum Gasteiger partial charge on any atom is -0.299 e. The number of carbonyl (C=O) groups is 2. The molecular formula is C8H15NO3. The summed E-state index contributed by atoms with van der Waals surface area (Å²) in [6.07, 6.45) is -0.129. The van der Waals surface area contributed by atoms with Crippen LogP contribution in [0.4, 0.5) is 0 Å². The van der Waals surface area contributed by atoms with Gasteiger partial charge in [-0.25, -0.2) is 5.48 Å². The highest BCUT2D eigenvalue weighted by Crippen LogP contribution is 2.03. The predicted octanol–water partition coefficient (Wildman–Crippen LogP) is 0.812. The van der Waals surface area contributed by atoms with Crippen LogP contribution in [0.1, 0.15) is 34.1 Å². The first-order valence-electron chi connectivity index (χ1n) is 3.77. The van der Waals surface area contributed by atoms with Crippen LogP contribution in [-0.4, -0.2) is 17.3 Å². The van der Waals surface area contributed by atoms with E-state index in [2.05, 4.69) is 5.48 Å². The molecule has 0 aromatic heterocycles. The van der Waals surface area contributed by atoms with Gasteiger partial charge in [0.05, 0.1) is 12.0 Å². The van der Waals surface area contributed by atoms with Crippen molar-refractivity contribution >= 4 is 11.7 Å². The molecule has 0 saturated carbocycles. The number of hydrogen-bond donors (Lipinski definition) is 1. The Morgan fingerprint density at radius 1 is 1.33 bits per heavy atom. The third-order valence-corrected chi connectivity index (χ3v) is 0.881. The van der Waals surface area contributed by atoms with E-state index in [-0.39, 0.29) is 12.2 Å². The molecular weight excluding hydrogens is 158 g/mol. The summed E-state index contributed by atoms with van der Waals surface area (Å²) in [4.78, 5) is 26.2. The van der Waals surface area contributed by atoms with Crippen molar-refractivity contribution in [3.8, 4) is 0 Å². The lowest BCUT2D eigenvalue weighted by atomic mass is 10.2. The van der Waals surface area contributed by atoms with Crippen molar-refractivity contribution in [3.63, 3.8) is 0 Å². The van der Waals surface area contributed by atoms with E-state index in [1.807, 2.05) is 0 Å². The first kappa shape index (κ1) is 11.1. The van der Waals surface area contributed by atoms with Gasteiger partial charge >= 0.3 is 0 Å². The third-order valence-electron chi connectivity index (χ3n) is 0.881. The molecule has 0 saturated heterocycles. The Morgan fingerprint density at radius 2 is 1.83 bits per heavy atom. The third kappa shape index (κ3) is 7.21. The minimum atomic E-state index is -0.424. The van der Waals surface area contributed by atoms with Crippen LogP contribution >= 0.6 is 0 Å². The van der Waals surface area contributed by atoms with Crippen molar-refractivity contribution in [2.24, 2.45) is 0 Å². The second-order valence-corrected chi connectivity index (χ2v) is 3.62. The van der Waals surface area contributed by atoms with E-state index >= 15 is 0 Å². The van der Waals surface area contributed by atoms with Gasteiger partial charge in [-0.15, -0.1) is 0 Å². The van der Waals surface area contributed by atoms with Crippen LogP contribution in [0.5, 0.6) is 0 Å². The first-order chi connectivity index (χ1) is 5.31. The van der Waals surface area contributed by atoms with Crippen LogP contribution in [0.15, 0.2) is 0 Å². The Hall–Kier alpha value is -0.900. The number of amides is 1.